The summed E-state index contributed by atoms with van der Waals surface area (Å²) in [5, 5.41) is 5.55. The summed E-state index contributed by atoms with van der Waals surface area (Å²) >= 11 is 0. The van der Waals surface area contributed by atoms with Crippen LogP contribution in [0.2, 0.25) is 0 Å². The first-order valence-corrected chi connectivity index (χ1v) is 5.79. The van der Waals surface area contributed by atoms with Crippen LogP contribution in [0.25, 0.3) is 0 Å². The van der Waals surface area contributed by atoms with Crippen LogP contribution < -0.4 is 10.6 Å². The van der Waals surface area contributed by atoms with E-state index in [2.05, 4.69) is 31.4 Å². The molecule has 0 fully saturated rings. The first-order chi connectivity index (χ1) is 7.07. The molecule has 0 aliphatic rings. The van der Waals surface area contributed by atoms with Crippen molar-refractivity contribution in [1.29, 1.82) is 0 Å². The van der Waals surface area contributed by atoms with Gasteiger partial charge in [0, 0.05) is 12.7 Å². The van der Waals surface area contributed by atoms with Crippen LogP contribution in [0.5, 0.6) is 0 Å². The predicted molar refractivity (Wildman–Crippen MR) is 64.7 cm³/mol. The monoisotopic (exact) mass is 212 g/mol. The summed E-state index contributed by atoms with van der Waals surface area (Å²) in [5.41, 5.74) is 1.18. The van der Waals surface area contributed by atoms with E-state index < -0.39 is 0 Å². The van der Waals surface area contributed by atoms with Gasteiger partial charge in [-0.15, -0.1) is 0 Å². The zero-order valence-corrected chi connectivity index (χ0v) is 10.4. The second-order valence-electron chi connectivity index (χ2n) is 4.15. The standard InChI is InChI=1S/C12H24N2O/c1-5-6-7-8-13-12(15)14-9-11(4)10(2)3/h9-10H,5-8H2,1-4H3,(H2,13,14,15)/b11-9+. The number of rotatable bonds is 6. The van der Waals surface area contributed by atoms with Crippen molar-refractivity contribution < 1.29 is 4.79 Å². The summed E-state index contributed by atoms with van der Waals surface area (Å²) in [7, 11) is 0. The highest BCUT2D eigenvalue weighted by Gasteiger charge is 1.98. The van der Waals surface area contributed by atoms with Crippen LogP contribution in [0, 0.1) is 5.92 Å². The second kappa shape index (κ2) is 8.33. The van der Waals surface area contributed by atoms with Crippen molar-refractivity contribution in [3.8, 4) is 0 Å². The number of allylic oxidation sites excluding steroid dienone is 1. The van der Waals surface area contributed by atoms with E-state index in [-0.39, 0.29) is 6.03 Å². The zero-order valence-electron chi connectivity index (χ0n) is 10.4. The van der Waals surface area contributed by atoms with Crippen LogP contribution in [0.3, 0.4) is 0 Å². The topological polar surface area (TPSA) is 41.1 Å². The van der Waals surface area contributed by atoms with E-state index in [9.17, 15) is 4.79 Å². The molecule has 2 amide bonds. The summed E-state index contributed by atoms with van der Waals surface area (Å²) in [4.78, 5) is 11.3. The molecule has 0 aromatic rings. The Morgan fingerprint density at radius 3 is 2.53 bits per heavy atom. The molecular weight excluding hydrogens is 188 g/mol. The third kappa shape index (κ3) is 8.03. The molecule has 0 saturated carbocycles. The van der Waals surface area contributed by atoms with Gasteiger partial charge >= 0.3 is 6.03 Å². The number of amides is 2. The van der Waals surface area contributed by atoms with Crippen LogP contribution in [-0.4, -0.2) is 12.6 Å². The highest BCUT2D eigenvalue weighted by Crippen LogP contribution is 2.05. The smallest absolute Gasteiger partial charge is 0.318 e. The fourth-order valence-corrected chi connectivity index (χ4v) is 0.974. The number of urea groups is 1. The Hall–Kier alpha value is -0.990. The van der Waals surface area contributed by atoms with Crippen molar-refractivity contribution >= 4 is 6.03 Å². The summed E-state index contributed by atoms with van der Waals surface area (Å²) in [6.07, 6.45) is 5.17. The molecule has 0 atom stereocenters. The summed E-state index contributed by atoms with van der Waals surface area (Å²) in [6, 6.07) is -0.105. The lowest BCUT2D eigenvalue weighted by atomic mass is 10.1. The molecule has 0 aliphatic heterocycles. The highest BCUT2D eigenvalue weighted by atomic mass is 16.2. The van der Waals surface area contributed by atoms with E-state index in [0.717, 1.165) is 13.0 Å². The molecule has 0 radical (unpaired) electrons. The molecule has 0 bridgehead atoms. The summed E-state index contributed by atoms with van der Waals surface area (Å²) in [5.74, 6) is 0.477. The van der Waals surface area contributed by atoms with Crippen LogP contribution in [0.15, 0.2) is 11.8 Å². The van der Waals surface area contributed by atoms with Crippen LogP contribution in [0.1, 0.15) is 47.0 Å². The molecule has 0 aromatic heterocycles. The van der Waals surface area contributed by atoms with Gasteiger partial charge in [-0.05, 0) is 19.3 Å². The number of carbonyl (C=O) groups is 1. The van der Waals surface area contributed by atoms with Crippen LogP contribution in [-0.2, 0) is 0 Å². The lowest BCUT2D eigenvalue weighted by Crippen LogP contribution is -2.33. The lowest BCUT2D eigenvalue weighted by Gasteiger charge is -2.07. The minimum absolute atomic E-state index is 0.105. The highest BCUT2D eigenvalue weighted by molar-refractivity contribution is 5.74. The van der Waals surface area contributed by atoms with Crippen molar-refractivity contribution in [3.63, 3.8) is 0 Å². The van der Waals surface area contributed by atoms with Crippen molar-refractivity contribution in [2.45, 2.75) is 47.0 Å². The predicted octanol–water partition coefficient (Wildman–Crippen LogP) is 3.04. The first kappa shape index (κ1) is 14.0. The van der Waals surface area contributed by atoms with Crippen LogP contribution in [0.4, 0.5) is 4.79 Å². The maximum Gasteiger partial charge on any atom is 0.318 e. The Kier molecular flexibility index (Phi) is 7.78. The van der Waals surface area contributed by atoms with E-state index in [1.165, 1.54) is 18.4 Å². The SMILES string of the molecule is CCCCCNC(=O)N/C=C(\C)C(C)C. The van der Waals surface area contributed by atoms with E-state index >= 15 is 0 Å². The quantitative estimate of drug-likeness (QED) is 0.653. The molecule has 0 unspecified atom stereocenters. The van der Waals surface area contributed by atoms with Gasteiger partial charge in [0.15, 0.2) is 0 Å². The number of hydrogen-bond donors (Lipinski definition) is 2. The number of unbranched alkanes of at least 4 members (excludes halogenated alkanes) is 2. The van der Waals surface area contributed by atoms with Gasteiger partial charge < -0.3 is 10.6 Å². The van der Waals surface area contributed by atoms with E-state index in [1.54, 1.807) is 6.20 Å². The van der Waals surface area contributed by atoms with Gasteiger partial charge in [-0.1, -0.05) is 39.2 Å². The summed E-state index contributed by atoms with van der Waals surface area (Å²) in [6.45, 7) is 9.13. The van der Waals surface area contributed by atoms with Crippen molar-refractivity contribution in [2.75, 3.05) is 6.54 Å². The number of nitrogens with one attached hydrogen (secondary N) is 2. The van der Waals surface area contributed by atoms with Crippen molar-refractivity contribution in [3.05, 3.63) is 11.8 Å². The van der Waals surface area contributed by atoms with Gasteiger partial charge in [0.05, 0.1) is 0 Å². The molecule has 2 N–H and O–H groups in total. The molecule has 0 rings (SSSR count). The van der Waals surface area contributed by atoms with Crippen molar-refractivity contribution in [2.24, 2.45) is 5.92 Å². The fraction of sp³-hybridized carbons (Fsp3) is 0.750. The molecule has 0 saturated heterocycles. The second-order valence-corrected chi connectivity index (χ2v) is 4.15. The first-order valence-electron chi connectivity index (χ1n) is 5.79. The zero-order chi connectivity index (χ0) is 11.7. The molecule has 88 valence electrons. The third-order valence-electron chi connectivity index (χ3n) is 2.41. The maximum atomic E-state index is 11.3. The Morgan fingerprint density at radius 2 is 2.00 bits per heavy atom. The number of carbonyl (C=O) groups excluding carboxylic acids is 1. The molecule has 0 heterocycles. The average molecular weight is 212 g/mol. The average Bonchev–Trinajstić information content (AvgIpc) is 2.20. The van der Waals surface area contributed by atoms with E-state index in [4.69, 9.17) is 0 Å². The van der Waals surface area contributed by atoms with Crippen LogP contribution >= 0.6 is 0 Å². The van der Waals surface area contributed by atoms with E-state index in [0.29, 0.717) is 5.92 Å². The van der Waals surface area contributed by atoms with Gasteiger partial charge in [0.1, 0.15) is 0 Å². The molecule has 3 nitrogen and oxygen atoms in total. The largest absolute Gasteiger partial charge is 0.338 e. The Bertz CT molecular complexity index is 210. The molecular formula is C12H24N2O. The summed E-state index contributed by atoms with van der Waals surface area (Å²) < 4.78 is 0. The van der Waals surface area contributed by atoms with Gasteiger partial charge in [-0.3, -0.25) is 0 Å². The van der Waals surface area contributed by atoms with Gasteiger partial charge in [0.2, 0.25) is 0 Å². The Labute approximate surface area is 93.3 Å². The Balaban J connectivity index is 3.61. The minimum atomic E-state index is -0.105. The van der Waals surface area contributed by atoms with Crippen molar-refractivity contribution in [1.82, 2.24) is 10.6 Å². The number of hydrogen-bond acceptors (Lipinski definition) is 1. The molecule has 3 heteroatoms. The normalized spacial score (nSPS) is 11.7. The lowest BCUT2D eigenvalue weighted by molar-refractivity contribution is 0.244. The molecule has 0 spiro atoms. The molecule has 15 heavy (non-hydrogen) atoms. The van der Waals surface area contributed by atoms with E-state index in [1.807, 2.05) is 6.92 Å². The van der Waals surface area contributed by atoms with Gasteiger partial charge in [0.25, 0.3) is 0 Å². The minimum Gasteiger partial charge on any atom is -0.338 e. The fourth-order valence-electron chi connectivity index (χ4n) is 0.974. The Morgan fingerprint density at radius 1 is 1.33 bits per heavy atom. The van der Waals surface area contributed by atoms with Gasteiger partial charge in [-0.2, -0.15) is 0 Å². The maximum absolute atomic E-state index is 11.3. The molecule has 0 aliphatic carbocycles. The third-order valence-corrected chi connectivity index (χ3v) is 2.41. The van der Waals surface area contributed by atoms with Gasteiger partial charge in [-0.25, -0.2) is 4.79 Å². The molecule has 0 aromatic carbocycles.